The molecule has 0 aliphatic rings. The summed E-state index contributed by atoms with van der Waals surface area (Å²) in [5.41, 5.74) is 0. The van der Waals surface area contributed by atoms with Crippen LogP contribution in [0.3, 0.4) is 0 Å². The van der Waals surface area contributed by atoms with Gasteiger partial charge in [0.1, 0.15) is 0 Å². The number of hydrogen-bond donors (Lipinski definition) is 0. The van der Waals surface area contributed by atoms with Crippen molar-refractivity contribution in [2.24, 2.45) is 0 Å². The van der Waals surface area contributed by atoms with Crippen LogP contribution in [-0.2, 0) is 18.9 Å². The van der Waals surface area contributed by atoms with Crippen molar-refractivity contribution in [3.05, 3.63) is 11.7 Å². The minimum absolute atomic E-state index is 0.238. The largest absolute Gasteiger partial charge is 0.491 e. The Kier molecular flexibility index (Phi) is 20.7. The van der Waals surface area contributed by atoms with Gasteiger partial charge in [0.05, 0.1) is 19.8 Å². The standard InChI is InChI=1S/C23H46O4/c1-5-9-11-12-13-14-16-20-24-21-27-23(26-19-8-4)22(25-18-7-3)17-15-10-6-2/h5-21H2,1-4H3/b23-22-. The van der Waals surface area contributed by atoms with Gasteiger partial charge in [0.2, 0.25) is 0 Å². The molecule has 0 aromatic rings. The summed E-state index contributed by atoms with van der Waals surface area (Å²) < 4.78 is 23.2. The Bertz CT molecular complexity index is 328. The summed E-state index contributed by atoms with van der Waals surface area (Å²) in [4.78, 5) is 0. The lowest BCUT2D eigenvalue weighted by atomic mass is 10.1. The monoisotopic (exact) mass is 386 g/mol. The van der Waals surface area contributed by atoms with Crippen molar-refractivity contribution in [2.75, 3.05) is 26.6 Å². The van der Waals surface area contributed by atoms with Crippen molar-refractivity contribution >= 4 is 0 Å². The van der Waals surface area contributed by atoms with Gasteiger partial charge in [-0.1, -0.05) is 79.1 Å². The molecule has 0 radical (unpaired) electrons. The molecule has 0 fully saturated rings. The van der Waals surface area contributed by atoms with Gasteiger partial charge in [-0.2, -0.15) is 0 Å². The van der Waals surface area contributed by atoms with E-state index >= 15 is 0 Å². The number of ether oxygens (including phenoxy) is 4. The van der Waals surface area contributed by atoms with E-state index in [1.54, 1.807) is 0 Å². The number of unbranched alkanes of at least 4 members (excludes halogenated alkanes) is 8. The first-order valence-corrected chi connectivity index (χ1v) is 11.5. The smallest absolute Gasteiger partial charge is 0.321 e. The molecule has 0 N–H and O–H groups in total. The van der Waals surface area contributed by atoms with Gasteiger partial charge in [0.15, 0.2) is 12.6 Å². The van der Waals surface area contributed by atoms with Crippen molar-refractivity contribution in [3.8, 4) is 0 Å². The van der Waals surface area contributed by atoms with E-state index in [9.17, 15) is 0 Å². The summed E-state index contributed by atoms with van der Waals surface area (Å²) in [6.45, 7) is 11.0. The Labute approximate surface area is 169 Å². The summed E-state index contributed by atoms with van der Waals surface area (Å²) in [5, 5.41) is 0. The van der Waals surface area contributed by atoms with E-state index in [0.29, 0.717) is 19.2 Å². The molecule has 0 aliphatic heterocycles. The van der Waals surface area contributed by atoms with Gasteiger partial charge < -0.3 is 18.9 Å². The van der Waals surface area contributed by atoms with E-state index in [4.69, 9.17) is 18.9 Å². The normalized spacial score (nSPS) is 12.0. The van der Waals surface area contributed by atoms with E-state index in [1.807, 2.05) is 0 Å². The highest BCUT2D eigenvalue weighted by atomic mass is 16.7. The molecular weight excluding hydrogens is 340 g/mol. The first-order chi connectivity index (χ1) is 13.3. The zero-order chi connectivity index (χ0) is 20.0. The fourth-order valence-electron chi connectivity index (χ4n) is 2.71. The van der Waals surface area contributed by atoms with E-state index < -0.39 is 0 Å². The molecule has 0 rings (SSSR count). The zero-order valence-electron chi connectivity index (χ0n) is 18.7. The Morgan fingerprint density at radius 2 is 1.11 bits per heavy atom. The average Bonchev–Trinajstić information content (AvgIpc) is 2.68. The number of rotatable bonds is 21. The molecule has 0 spiro atoms. The second-order valence-corrected chi connectivity index (χ2v) is 7.16. The lowest BCUT2D eigenvalue weighted by Crippen LogP contribution is -2.10. The fraction of sp³-hybridized carbons (Fsp3) is 0.913. The zero-order valence-corrected chi connectivity index (χ0v) is 18.7. The van der Waals surface area contributed by atoms with Gasteiger partial charge in [0.25, 0.3) is 0 Å². The highest BCUT2D eigenvalue weighted by Gasteiger charge is 2.12. The highest BCUT2D eigenvalue weighted by Crippen LogP contribution is 2.18. The molecule has 0 atom stereocenters. The molecule has 4 nitrogen and oxygen atoms in total. The van der Waals surface area contributed by atoms with Crippen LogP contribution >= 0.6 is 0 Å². The topological polar surface area (TPSA) is 36.9 Å². The Morgan fingerprint density at radius 3 is 1.78 bits per heavy atom. The summed E-state index contributed by atoms with van der Waals surface area (Å²) in [5.74, 6) is 1.37. The van der Waals surface area contributed by atoms with Crippen molar-refractivity contribution < 1.29 is 18.9 Å². The first-order valence-electron chi connectivity index (χ1n) is 11.5. The van der Waals surface area contributed by atoms with Gasteiger partial charge >= 0.3 is 5.95 Å². The molecular formula is C23H46O4. The highest BCUT2D eigenvalue weighted by molar-refractivity contribution is 4.95. The van der Waals surface area contributed by atoms with Crippen LogP contribution in [-0.4, -0.2) is 26.6 Å². The van der Waals surface area contributed by atoms with Gasteiger partial charge in [-0.25, -0.2) is 0 Å². The van der Waals surface area contributed by atoms with Crippen LogP contribution in [0.2, 0.25) is 0 Å². The minimum atomic E-state index is 0.238. The Balaban J connectivity index is 4.22. The van der Waals surface area contributed by atoms with E-state index in [-0.39, 0.29) is 6.79 Å². The summed E-state index contributed by atoms with van der Waals surface area (Å²) in [7, 11) is 0. The van der Waals surface area contributed by atoms with Crippen molar-refractivity contribution in [2.45, 2.75) is 111 Å². The summed E-state index contributed by atoms with van der Waals surface area (Å²) >= 11 is 0. The van der Waals surface area contributed by atoms with Gasteiger partial charge in [-0.3, -0.25) is 0 Å². The molecule has 0 aromatic heterocycles. The van der Waals surface area contributed by atoms with Crippen LogP contribution in [0.25, 0.3) is 0 Å². The maximum Gasteiger partial charge on any atom is 0.321 e. The predicted molar refractivity (Wildman–Crippen MR) is 114 cm³/mol. The van der Waals surface area contributed by atoms with Crippen LogP contribution in [0.5, 0.6) is 0 Å². The van der Waals surface area contributed by atoms with E-state index in [1.165, 1.54) is 51.4 Å². The van der Waals surface area contributed by atoms with Crippen molar-refractivity contribution in [1.82, 2.24) is 0 Å². The third-order valence-corrected chi connectivity index (χ3v) is 4.32. The molecule has 4 heteroatoms. The second kappa shape index (κ2) is 21.4. The molecule has 0 saturated carbocycles. The van der Waals surface area contributed by atoms with Crippen molar-refractivity contribution in [3.63, 3.8) is 0 Å². The minimum Gasteiger partial charge on any atom is -0.491 e. The van der Waals surface area contributed by atoms with Gasteiger partial charge in [0, 0.05) is 6.42 Å². The Hall–Kier alpha value is -0.900. The van der Waals surface area contributed by atoms with Crippen LogP contribution in [0.4, 0.5) is 0 Å². The maximum atomic E-state index is 5.91. The van der Waals surface area contributed by atoms with Crippen LogP contribution in [0.1, 0.15) is 111 Å². The molecule has 162 valence electrons. The molecule has 0 aromatic carbocycles. The maximum absolute atomic E-state index is 5.91. The third-order valence-electron chi connectivity index (χ3n) is 4.32. The first kappa shape index (κ1) is 26.1. The van der Waals surface area contributed by atoms with E-state index in [2.05, 4.69) is 27.7 Å². The van der Waals surface area contributed by atoms with Crippen LogP contribution in [0.15, 0.2) is 11.7 Å². The summed E-state index contributed by atoms with van der Waals surface area (Å²) in [6, 6.07) is 0. The van der Waals surface area contributed by atoms with Gasteiger partial charge in [-0.15, -0.1) is 0 Å². The molecule has 27 heavy (non-hydrogen) atoms. The molecule has 0 bridgehead atoms. The molecule has 0 saturated heterocycles. The quantitative estimate of drug-likeness (QED) is 0.117. The molecule has 0 heterocycles. The molecule has 0 aliphatic carbocycles. The number of allylic oxidation sites excluding steroid dienone is 1. The summed E-state index contributed by atoms with van der Waals surface area (Å²) in [6.07, 6.45) is 15.3. The van der Waals surface area contributed by atoms with Gasteiger partial charge in [-0.05, 0) is 25.7 Å². The fourth-order valence-corrected chi connectivity index (χ4v) is 2.71. The second-order valence-electron chi connectivity index (χ2n) is 7.16. The van der Waals surface area contributed by atoms with Crippen LogP contribution < -0.4 is 0 Å². The molecule has 0 unspecified atom stereocenters. The third kappa shape index (κ3) is 17.0. The lowest BCUT2D eigenvalue weighted by molar-refractivity contribution is -0.0840. The Morgan fingerprint density at radius 1 is 0.519 bits per heavy atom. The van der Waals surface area contributed by atoms with Crippen molar-refractivity contribution in [1.29, 1.82) is 0 Å². The van der Waals surface area contributed by atoms with E-state index in [0.717, 1.165) is 44.5 Å². The SMILES string of the molecule is CCCCCCCCCOCO/C(OCCC)=C(/CCCCC)OCCC. The number of hydrogen-bond acceptors (Lipinski definition) is 4. The van der Waals surface area contributed by atoms with Crippen LogP contribution in [0, 0.1) is 0 Å². The molecule has 0 amide bonds. The average molecular weight is 387 g/mol. The predicted octanol–water partition coefficient (Wildman–Crippen LogP) is 7.33. The lowest BCUT2D eigenvalue weighted by Gasteiger charge is -2.17.